The van der Waals surface area contributed by atoms with E-state index in [-0.39, 0.29) is 24.1 Å². The Morgan fingerprint density at radius 1 is 1.16 bits per heavy atom. The molecule has 0 spiro atoms. The van der Waals surface area contributed by atoms with E-state index in [1.807, 2.05) is 18.2 Å². The summed E-state index contributed by atoms with van der Waals surface area (Å²) in [7, 11) is 0. The number of aromatic nitrogens is 1. The molecule has 0 unspecified atom stereocenters. The van der Waals surface area contributed by atoms with E-state index in [2.05, 4.69) is 10.3 Å². The molecular weight excluding hydrogens is 321 g/mol. The predicted molar refractivity (Wildman–Crippen MR) is 93.1 cm³/mol. The van der Waals surface area contributed by atoms with Crippen LogP contribution in [-0.4, -0.2) is 34.8 Å². The fourth-order valence-corrected chi connectivity index (χ4v) is 2.36. The van der Waals surface area contributed by atoms with Gasteiger partial charge in [-0.25, -0.2) is 4.39 Å². The van der Waals surface area contributed by atoms with E-state index in [4.69, 9.17) is 0 Å². The number of nitrogens with one attached hydrogen (secondary N) is 1. The van der Waals surface area contributed by atoms with Gasteiger partial charge in [0.05, 0.1) is 12.2 Å². The molecule has 0 saturated heterocycles. The first-order valence-electron chi connectivity index (χ1n) is 8.21. The molecule has 2 aromatic rings. The number of rotatable bonds is 8. The van der Waals surface area contributed by atoms with Crippen molar-refractivity contribution < 1.29 is 14.0 Å². The molecule has 0 bridgehead atoms. The summed E-state index contributed by atoms with van der Waals surface area (Å²) in [6.45, 7) is 2.69. The number of hydrogen-bond acceptors (Lipinski definition) is 3. The summed E-state index contributed by atoms with van der Waals surface area (Å²) in [4.78, 5) is 29.5. The molecule has 132 valence electrons. The van der Waals surface area contributed by atoms with Crippen molar-refractivity contribution in [1.82, 2.24) is 15.2 Å². The molecule has 2 rings (SSSR count). The maximum Gasteiger partial charge on any atom is 0.221 e. The number of pyridine rings is 1. The SMILES string of the molecule is CC(=O)N(CCC(=O)NCCc1ccc(F)cc1)Cc1ccccn1. The molecule has 0 atom stereocenters. The van der Waals surface area contributed by atoms with E-state index in [9.17, 15) is 14.0 Å². The summed E-state index contributed by atoms with van der Waals surface area (Å²) < 4.78 is 12.8. The Morgan fingerprint density at radius 2 is 1.92 bits per heavy atom. The molecule has 1 N–H and O–H groups in total. The Balaban J connectivity index is 1.73. The number of nitrogens with zero attached hydrogens (tertiary/aromatic N) is 2. The zero-order valence-corrected chi connectivity index (χ0v) is 14.2. The van der Waals surface area contributed by atoms with Crippen LogP contribution in [0.4, 0.5) is 4.39 Å². The van der Waals surface area contributed by atoms with Gasteiger partial charge < -0.3 is 10.2 Å². The van der Waals surface area contributed by atoms with Crippen LogP contribution >= 0.6 is 0 Å². The predicted octanol–water partition coefficient (Wildman–Crippen LogP) is 2.32. The van der Waals surface area contributed by atoms with Crippen LogP contribution in [-0.2, 0) is 22.6 Å². The van der Waals surface area contributed by atoms with Gasteiger partial charge in [-0.2, -0.15) is 0 Å². The third kappa shape index (κ3) is 6.71. The van der Waals surface area contributed by atoms with Crippen molar-refractivity contribution in [2.75, 3.05) is 13.1 Å². The molecule has 2 amide bonds. The average molecular weight is 343 g/mol. The molecule has 0 aliphatic rings. The third-order valence-electron chi connectivity index (χ3n) is 3.78. The zero-order valence-electron chi connectivity index (χ0n) is 14.2. The van der Waals surface area contributed by atoms with Gasteiger partial charge in [-0.05, 0) is 36.2 Å². The van der Waals surface area contributed by atoms with E-state index in [1.165, 1.54) is 19.1 Å². The minimum absolute atomic E-state index is 0.0928. The molecule has 0 fully saturated rings. The molecule has 0 aliphatic carbocycles. The third-order valence-corrected chi connectivity index (χ3v) is 3.78. The first kappa shape index (κ1) is 18.6. The number of benzene rings is 1. The standard InChI is InChI=1S/C19H22FN3O2/c1-15(24)23(14-18-4-2-3-11-21-18)13-10-19(25)22-12-9-16-5-7-17(20)8-6-16/h2-8,11H,9-10,12-14H2,1H3,(H,22,25). The smallest absolute Gasteiger partial charge is 0.221 e. The van der Waals surface area contributed by atoms with Crippen molar-refractivity contribution in [3.8, 4) is 0 Å². The fraction of sp³-hybridized carbons (Fsp3) is 0.316. The molecule has 1 heterocycles. The lowest BCUT2D eigenvalue weighted by atomic mass is 10.1. The number of carbonyl (C=O) groups excluding carboxylic acids is 2. The van der Waals surface area contributed by atoms with Gasteiger partial charge in [0.15, 0.2) is 0 Å². The first-order valence-corrected chi connectivity index (χ1v) is 8.21. The molecule has 0 saturated carbocycles. The summed E-state index contributed by atoms with van der Waals surface area (Å²) in [6, 6.07) is 11.7. The summed E-state index contributed by atoms with van der Waals surface area (Å²) in [5, 5.41) is 2.82. The van der Waals surface area contributed by atoms with E-state index >= 15 is 0 Å². The molecular formula is C19H22FN3O2. The average Bonchev–Trinajstić information content (AvgIpc) is 2.61. The second-order valence-corrected chi connectivity index (χ2v) is 5.74. The van der Waals surface area contributed by atoms with Crippen LogP contribution in [0, 0.1) is 5.82 Å². The highest BCUT2D eigenvalue weighted by atomic mass is 19.1. The van der Waals surface area contributed by atoms with Gasteiger partial charge in [0.2, 0.25) is 11.8 Å². The van der Waals surface area contributed by atoms with Gasteiger partial charge in [-0.1, -0.05) is 18.2 Å². The maximum atomic E-state index is 12.8. The van der Waals surface area contributed by atoms with E-state index in [1.54, 1.807) is 23.2 Å². The topological polar surface area (TPSA) is 62.3 Å². The fourth-order valence-electron chi connectivity index (χ4n) is 2.36. The zero-order chi connectivity index (χ0) is 18.1. The Kier molecular flexibility index (Phi) is 7.07. The molecule has 0 radical (unpaired) electrons. The van der Waals surface area contributed by atoms with Crippen LogP contribution in [0.3, 0.4) is 0 Å². The van der Waals surface area contributed by atoms with Gasteiger partial charge >= 0.3 is 0 Å². The summed E-state index contributed by atoms with van der Waals surface area (Å²) in [5.41, 5.74) is 1.75. The van der Waals surface area contributed by atoms with E-state index < -0.39 is 0 Å². The molecule has 6 heteroatoms. The lowest BCUT2D eigenvalue weighted by Crippen LogP contribution is -2.34. The monoisotopic (exact) mass is 343 g/mol. The van der Waals surface area contributed by atoms with Crippen molar-refractivity contribution >= 4 is 11.8 Å². The van der Waals surface area contributed by atoms with Crippen molar-refractivity contribution in [3.05, 3.63) is 65.7 Å². The highest BCUT2D eigenvalue weighted by Gasteiger charge is 2.12. The Hall–Kier alpha value is -2.76. The molecule has 5 nitrogen and oxygen atoms in total. The highest BCUT2D eigenvalue weighted by Crippen LogP contribution is 2.04. The minimum Gasteiger partial charge on any atom is -0.356 e. The second kappa shape index (κ2) is 9.52. The Morgan fingerprint density at radius 3 is 2.56 bits per heavy atom. The number of hydrogen-bond donors (Lipinski definition) is 1. The largest absolute Gasteiger partial charge is 0.356 e. The van der Waals surface area contributed by atoms with Crippen LogP contribution in [0.1, 0.15) is 24.6 Å². The van der Waals surface area contributed by atoms with E-state index in [0.29, 0.717) is 26.1 Å². The second-order valence-electron chi connectivity index (χ2n) is 5.74. The van der Waals surface area contributed by atoms with Crippen LogP contribution < -0.4 is 5.32 Å². The highest BCUT2D eigenvalue weighted by molar-refractivity contribution is 5.78. The van der Waals surface area contributed by atoms with Crippen LogP contribution in [0.2, 0.25) is 0 Å². The lowest BCUT2D eigenvalue weighted by molar-refractivity contribution is -0.130. The Labute approximate surface area is 146 Å². The van der Waals surface area contributed by atoms with Gasteiger partial charge in [0.1, 0.15) is 5.82 Å². The minimum atomic E-state index is -0.273. The molecule has 1 aromatic heterocycles. The maximum absolute atomic E-state index is 12.8. The van der Waals surface area contributed by atoms with E-state index in [0.717, 1.165) is 11.3 Å². The van der Waals surface area contributed by atoms with Crippen molar-refractivity contribution in [3.63, 3.8) is 0 Å². The van der Waals surface area contributed by atoms with Crippen LogP contribution in [0.25, 0.3) is 0 Å². The quantitative estimate of drug-likeness (QED) is 0.800. The molecule has 0 aliphatic heterocycles. The molecule has 25 heavy (non-hydrogen) atoms. The summed E-state index contributed by atoms with van der Waals surface area (Å²) >= 11 is 0. The van der Waals surface area contributed by atoms with Crippen molar-refractivity contribution in [2.45, 2.75) is 26.3 Å². The summed E-state index contributed by atoms with van der Waals surface area (Å²) in [5.74, 6) is -0.482. The normalized spacial score (nSPS) is 10.3. The van der Waals surface area contributed by atoms with Crippen molar-refractivity contribution in [2.24, 2.45) is 0 Å². The van der Waals surface area contributed by atoms with Gasteiger partial charge in [-0.3, -0.25) is 14.6 Å². The summed E-state index contributed by atoms with van der Waals surface area (Å²) in [6.07, 6.45) is 2.54. The lowest BCUT2D eigenvalue weighted by Gasteiger charge is -2.20. The van der Waals surface area contributed by atoms with Gasteiger partial charge in [0, 0.05) is 32.6 Å². The van der Waals surface area contributed by atoms with Crippen LogP contribution in [0.15, 0.2) is 48.7 Å². The number of amides is 2. The van der Waals surface area contributed by atoms with Crippen molar-refractivity contribution in [1.29, 1.82) is 0 Å². The van der Waals surface area contributed by atoms with Gasteiger partial charge in [-0.15, -0.1) is 0 Å². The Bertz CT molecular complexity index is 690. The number of carbonyl (C=O) groups is 2. The van der Waals surface area contributed by atoms with Gasteiger partial charge in [0.25, 0.3) is 0 Å². The van der Waals surface area contributed by atoms with Crippen LogP contribution in [0.5, 0.6) is 0 Å². The first-order chi connectivity index (χ1) is 12.0. The molecule has 1 aromatic carbocycles. The number of halogens is 1.